The first-order valence-corrected chi connectivity index (χ1v) is 27.8. The summed E-state index contributed by atoms with van der Waals surface area (Å²) in [5, 5.41) is 0. The van der Waals surface area contributed by atoms with Crippen molar-refractivity contribution >= 4 is 17.9 Å². The minimum atomic E-state index is -0.761. The maximum absolute atomic E-state index is 12.7. The molecular formula is C57H106O6. The van der Waals surface area contributed by atoms with Crippen LogP contribution in [0.25, 0.3) is 0 Å². The predicted octanol–water partition coefficient (Wildman–Crippen LogP) is 18.3. The lowest BCUT2D eigenvalue weighted by Gasteiger charge is -2.18. The largest absolute Gasteiger partial charge is 0.462 e. The van der Waals surface area contributed by atoms with E-state index < -0.39 is 6.10 Å². The zero-order chi connectivity index (χ0) is 45.8. The molecule has 1 unspecified atom stereocenters. The molecule has 0 aliphatic rings. The van der Waals surface area contributed by atoms with E-state index in [1.807, 2.05) is 0 Å². The van der Waals surface area contributed by atoms with Gasteiger partial charge in [-0.05, 0) is 51.4 Å². The van der Waals surface area contributed by atoms with Crippen molar-refractivity contribution in [3.63, 3.8) is 0 Å². The average molecular weight is 887 g/mol. The fourth-order valence-corrected chi connectivity index (χ4v) is 8.24. The Morgan fingerprint density at radius 1 is 0.317 bits per heavy atom. The first kappa shape index (κ1) is 60.9. The number of rotatable bonds is 51. The third kappa shape index (κ3) is 50.7. The Balaban J connectivity index is 3.93. The Morgan fingerprint density at radius 3 is 0.873 bits per heavy atom. The number of carbonyl (C=O) groups is 3. The summed E-state index contributed by atoms with van der Waals surface area (Å²) in [6, 6.07) is 0. The molecule has 0 saturated carbocycles. The second kappa shape index (κ2) is 52.5. The zero-order valence-electron chi connectivity index (χ0n) is 42.4. The molecule has 0 aromatic heterocycles. The van der Waals surface area contributed by atoms with Gasteiger partial charge in [-0.25, -0.2) is 0 Å². The molecule has 370 valence electrons. The first-order chi connectivity index (χ1) is 31.0. The third-order valence-electron chi connectivity index (χ3n) is 12.5. The predicted molar refractivity (Wildman–Crippen MR) is 270 cm³/mol. The van der Waals surface area contributed by atoms with E-state index in [1.165, 1.54) is 199 Å². The lowest BCUT2D eigenvalue weighted by molar-refractivity contribution is -0.167. The summed E-state index contributed by atoms with van der Waals surface area (Å²) >= 11 is 0. The Bertz CT molecular complexity index is 1020. The number of hydrogen-bond donors (Lipinski definition) is 0. The quantitative estimate of drug-likeness (QED) is 0.0262. The highest BCUT2D eigenvalue weighted by molar-refractivity contribution is 5.71. The summed E-state index contributed by atoms with van der Waals surface area (Å²) in [7, 11) is 0. The van der Waals surface area contributed by atoms with E-state index in [0.29, 0.717) is 19.3 Å². The van der Waals surface area contributed by atoms with Crippen LogP contribution >= 0.6 is 0 Å². The number of ether oxygens (including phenoxy) is 3. The SMILES string of the molecule is CCCCCCC/C=C\C/C=C\CCCCCCCCCCCCCCCCCCCC(=O)OCC(COC(=O)CCCCCCCCCC)OC(=O)CCCCCCCCCC. The Labute approximate surface area is 392 Å². The van der Waals surface area contributed by atoms with Crippen molar-refractivity contribution < 1.29 is 28.6 Å². The molecule has 0 saturated heterocycles. The van der Waals surface area contributed by atoms with Gasteiger partial charge in [-0.15, -0.1) is 0 Å². The molecule has 0 fully saturated rings. The number of carbonyl (C=O) groups excluding carboxylic acids is 3. The van der Waals surface area contributed by atoms with E-state index >= 15 is 0 Å². The van der Waals surface area contributed by atoms with Gasteiger partial charge in [0.05, 0.1) is 0 Å². The molecule has 0 aromatic rings. The summed E-state index contributed by atoms with van der Waals surface area (Å²) in [6.45, 7) is 6.60. The molecule has 0 N–H and O–H groups in total. The van der Waals surface area contributed by atoms with Crippen LogP contribution < -0.4 is 0 Å². The van der Waals surface area contributed by atoms with Gasteiger partial charge in [0.2, 0.25) is 0 Å². The highest BCUT2D eigenvalue weighted by atomic mass is 16.6. The molecule has 0 heterocycles. The molecule has 0 rings (SSSR count). The highest BCUT2D eigenvalue weighted by Crippen LogP contribution is 2.16. The van der Waals surface area contributed by atoms with E-state index in [9.17, 15) is 14.4 Å². The van der Waals surface area contributed by atoms with E-state index in [2.05, 4.69) is 45.1 Å². The van der Waals surface area contributed by atoms with Crippen molar-refractivity contribution in [2.75, 3.05) is 13.2 Å². The highest BCUT2D eigenvalue weighted by Gasteiger charge is 2.19. The van der Waals surface area contributed by atoms with E-state index in [-0.39, 0.29) is 31.1 Å². The van der Waals surface area contributed by atoms with E-state index in [4.69, 9.17) is 14.2 Å². The standard InChI is InChI=1S/C57H106O6/c1-4-7-10-13-16-19-20-21-22-23-24-25-26-27-28-29-30-31-32-33-34-35-36-37-38-39-42-44-47-50-56(59)62-53-54(63-57(60)51-48-45-41-18-15-12-9-6-3)52-61-55(58)49-46-43-40-17-14-11-8-5-2/h20-21,23-24,54H,4-19,22,25-53H2,1-3H3/b21-20-,24-23-. The van der Waals surface area contributed by atoms with Gasteiger partial charge in [0.15, 0.2) is 6.10 Å². The van der Waals surface area contributed by atoms with Crippen LogP contribution in [-0.2, 0) is 28.6 Å². The maximum Gasteiger partial charge on any atom is 0.306 e. The number of unbranched alkanes of at least 4 members (excludes halogenated alkanes) is 36. The number of esters is 3. The lowest BCUT2D eigenvalue weighted by Crippen LogP contribution is -2.30. The van der Waals surface area contributed by atoms with Gasteiger partial charge < -0.3 is 14.2 Å². The average Bonchev–Trinajstić information content (AvgIpc) is 3.28. The van der Waals surface area contributed by atoms with Gasteiger partial charge in [0, 0.05) is 19.3 Å². The summed E-state index contributed by atoms with van der Waals surface area (Å²) in [5.41, 5.74) is 0. The second-order valence-corrected chi connectivity index (χ2v) is 18.9. The van der Waals surface area contributed by atoms with Gasteiger partial charge in [-0.2, -0.15) is 0 Å². The summed E-state index contributed by atoms with van der Waals surface area (Å²) in [5.74, 6) is -0.862. The van der Waals surface area contributed by atoms with E-state index in [0.717, 1.165) is 64.2 Å². The van der Waals surface area contributed by atoms with Crippen molar-refractivity contribution in [2.24, 2.45) is 0 Å². The molecular weight excluding hydrogens is 781 g/mol. The fraction of sp³-hybridized carbons (Fsp3) is 0.877. The molecule has 63 heavy (non-hydrogen) atoms. The molecule has 0 aliphatic heterocycles. The monoisotopic (exact) mass is 887 g/mol. The van der Waals surface area contributed by atoms with Crippen LogP contribution in [0.1, 0.15) is 303 Å². The van der Waals surface area contributed by atoms with Gasteiger partial charge in [-0.3, -0.25) is 14.4 Å². The minimum Gasteiger partial charge on any atom is -0.462 e. The van der Waals surface area contributed by atoms with Crippen LogP contribution in [0.5, 0.6) is 0 Å². The van der Waals surface area contributed by atoms with Crippen LogP contribution in [0.15, 0.2) is 24.3 Å². The molecule has 0 amide bonds. The fourth-order valence-electron chi connectivity index (χ4n) is 8.24. The molecule has 0 radical (unpaired) electrons. The summed E-state index contributed by atoms with van der Waals surface area (Å²) in [4.78, 5) is 37.7. The van der Waals surface area contributed by atoms with Gasteiger partial charge in [0.1, 0.15) is 13.2 Å². The van der Waals surface area contributed by atoms with Crippen LogP contribution in [-0.4, -0.2) is 37.2 Å². The van der Waals surface area contributed by atoms with Crippen molar-refractivity contribution in [3.05, 3.63) is 24.3 Å². The first-order valence-electron chi connectivity index (χ1n) is 27.8. The van der Waals surface area contributed by atoms with E-state index in [1.54, 1.807) is 0 Å². The Hall–Kier alpha value is -2.11. The molecule has 0 aromatic carbocycles. The Morgan fingerprint density at radius 2 is 0.571 bits per heavy atom. The van der Waals surface area contributed by atoms with Crippen molar-refractivity contribution in [1.29, 1.82) is 0 Å². The molecule has 0 spiro atoms. The van der Waals surface area contributed by atoms with Crippen molar-refractivity contribution in [3.8, 4) is 0 Å². The number of allylic oxidation sites excluding steroid dienone is 4. The summed E-state index contributed by atoms with van der Waals surface area (Å²) < 4.78 is 16.7. The van der Waals surface area contributed by atoms with Crippen LogP contribution in [0.3, 0.4) is 0 Å². The van der Waals surface area contributed by atoms with Crippen molar-refractivity contribution in [1.82, 2.24) is 0 Å². The third-order valence-corrected chi connectivity index (χ3v) is 12.5. The summed E-state index contributed by atoms with van der Waals surface area (Å²) in [6.07, 6.45) is 60.7. The Kier molecular flexibility index (Phi) is 50.8. The molecule has 1 atom stereocenters. The lowest BCUT2D eigenvalue weighted by atomic mass is 10.0. The molecule has 6 nitrogen and oxygen atoms in total. The topological polar surface area (TPSA) is 78.9 Å². The second-order valence-electron chi connectivity index (χ2n) is 18.9. The van der Waals surface area contributed by atoms with Crippen LogP contribution in [0.4, 0.5) is 0 Å². The number of hydrogen-bond acceptors (Lipinski definition) is 6. The normalized spacial score (nSPS) is 12.1. The van der Waals surface area contributed by atoms with Crippen molar-refractivity contribution in [2.45, 2.75) is 309 Å². The minimum absolute atomic E-state index is 0.0661. The van der Waals surface area contributed by atoms with Gasteiger partial charge in [-0.1, -0.05) is 257 Å². The van der Waals surface area contributed by atoms with Gasteiger partial charge >= 0.3 is 17.9 Å². The smallest absolute Gasteiger partial charge is 0.306 e. The maximum atomic E-state index is 12.7. The zero-order valence-corrected chi connectivity index (χ0v) is 42.4. The van der Waals surface area contributed by atoms with Crippen LogP contribution in [0.2, 0.25) is 0 Å². The molecule has 0 aliphatic carbocycles. The molecule has 6 heteroatoms. The van der Waals surface area contributed by atoms with Crippen LogP contribution in [0, 0.1) is 0 Å². The van der Waals surface area contributed by atoms with Gasteiger partial charge in [0.25, 0.3) is 0 Å². The molecule has 0 bridgehead atoms.